The van der Waals surface area contributed by atoms with Crippen molar-refractivity contribution in [2.75, 3.05) is 0 Å². The molecule has 0 N–H and O–H groups in total. The second kappa shape index (κ2) is 6.12. The van der Waals surface area contributed by atoms with Crippen LogP contribution in [0, 0.1) is 5.82 Å². The quantitative estimate of drug-likeness (QED) is 0.572. The highest BCUT2D eigenvalue weighted by atomic mass is 32.1. The van der Waals surface area contributed by atoms with E-state index in [1.165, 1.54) is 12.1 Å². The van der Waals surface area contributed by atoms with Crippen LogP contribution in [0.25, 0.3) is 0 Å². The predicted molar refractivity (Wildman–Crippen MR) is 93.0 cm³/mol. The van der Waals surface area contributed by atoms with Crippen molar-refractivity contribution in [1.82, 2.24) is 0 Å². The van der Waals surface area contributed by atoms with E-state index in [-0.39, 0.29) is 5.82 Å². The summed E-state index contributed by atoms with van der Waals surface area (Å²) in [4.78, 5) is 0.399. The van der Waals surface area contributed by atoms with Crippen LogP contribution in [0.3, 0.4) is 0 Å². The summed E-state index contributed by atoms with van der Waals surface area (Å²) in [6.45, 7) is 0. The van der Waals surface area contributed by atoms with Crippen LogP contribution < -0.4 is 15.9 Å². The van der Waals surface area contributed by atoms with Crippen molar-refractivity contribution >= 4 is 35.7 Å². The van der Waals surface area contributed by atoms with Crippen molar-refractivity contribution in [3.8, 4) is 0 Å². The van der Waals surface area contributed by atoms with Crippen molar-refractivity contribution in [2.24, 2.45) is 0 Å². The van der Waals surface area contributed by atoms with Crippen molar-refractivity contribution in [3.05, 3.63) is 84.7 Å². The van der Waals surface area contributed by atoms with E-state index in [0.717, 1.165) is 0 Å². The molecule has 0 atom stereocenters. The molecule has 0 aromatic heterocycles. The van der Waals surface area contributed by atoms with Gasteiger partial charge in [-0.25, -0.2) is 4.39 Å². The summed E-state index contributed by atoms with van der Waals surface area (Å²) >= 11 is 4.35. The van der Waals surface area contributed by atoms with Gasteiger partial charge in [0.15, 0.2) is 7.14 Å². The lowest BCUT2D eigenvalue weighted by Crippen LogP contribution is -2.26. The summed E-state index contributed by atoms with van der Waals surface area (Å²) in [5, 5.41) is 1.97. The van der Waals surface area contributed by atoms with E-state index in [0.29, 0.717) is 20.8 Å². The minimum atomic E-state index is -3.08. The third kappa shape index (κ3) is 2.63. The van der Waals surface area contributed by atoms with Crippen LogP contribution in [0.4, 0.5) is 4.39 Å². The summed E-state index contributed by atoms with van der Waals surface area (Å²) in [5.41, 5.74) is 0. The van der Waals surface area contributed by atoms with Gasteiger partial charge < -0.3 is 4.57 Å². The number of halogens is 1. The topological polar surface area (TPSA) is 17.1 Å². The second-order valence-corrected chi connectivity index (χ2v) is 8.13. The van der Waals surface area contributed by atoms with E-state index in [9.17, 15) is 8.96 Å². The van der Waals surface area contributed by atoms with Gasteiger partial charge in [0.25, 0.3) is 0 Å². The van der Waals surface area contributed by atoms with Crippen LogP contribution in [0.5, 0.6) is 0 Å². The number of thiol groups is 1. The first-order valence-corrected chi connectivity index (χ1v) is 8.98. The van der Waals surface area contributed by atoms with Gasteiger partial charge in [-0.3, -0.25) is 0 Å². The monoisotopic (exact) mass is 328 g/mol. The molecular formula is C18H14FOPS. The van der Waals surface area contributed by atoms with Gasteiger partial charge in [0.05, 0.1) is 0 Å². The molecule has 0 saturated carbocycles. The third-order valence-corrected chi connectivity index (χ3v) is 7.18. The molecule has 0 aliphatic rings. The largest absolute Gasteiger partial charge is 0.309 e. The number of benzene rings is 3. The Bertz CT molecular complexity index is 791. The molecule has 110 valence electrons. The fraction of sp³-hybridized carbons (Fsp3) is 0. The molecule has 0 bridgehead atoms. The molecule has 0 spiro atoms. The molecule has 3 aromatic rings. The lowest BCUT2D eigenvalue weighted by Gasteiger charge is -2.21. The van der Waals surface area contributed by atoms with Crippen molar-refractivity contribution in [3.63, 3.8) is 0 Å². The third-order valence-electron chi connectivity index (χ3n) is 3.52. The summed E-state index contributed by atoms with van der Waals surface area (Å²) in [6.07, 6.45) is 0. The SMILES string of the molecule is O=P(c1ccccc1)(c1ccccc1)c1ccc(F)cc1S. The minimum Gasteiger partial charge on any atom is -0.309 e. The molecule has 0 heterocycles. The maximum absolute atomic E-state index is 14.0. The number of hydrogen-bond donors (Lipinski definition) is 1. The maximum atomic E-state index is 14.0. The average molecular weight is 328 g/mol. The van der Waals surface area contributed by atoms with Gasteiger partial charge in [-0.1, -0.05) is 60.7 Å². The molecule has 0 unspecified atom stereocenters. The lowest BCUT2D eigenvalue weighted by molar-refractivity contribution is 0.592. The standard InChI is InChI=1S/C18H14FOPS/c19-14-11-12-17(18(22)13-14)21(20,15-7-3-1-4-8-15)16-9-5-2-6-10-16/h1-13,22H. The van der Waals surface area contributed by atoms with Crippen LogP contribution in [-0.2, 0) is 4.57 Å². The summed E-state index contributed by atoms with van der Waals surface area (Å²) in [7, 11) is -3.08. The molecule has 0 fully saturated rings. The zero-order valence-corrected chi connectivity index (χ0v) is 13.5. The minimum absolute atomic E-state index is 0.388. The zero-order chi connectivity index (χ0) is 15.6. The highest BCUT2D eigenvalue weighted by Gasteiger charge is 2.31. The fourth-order valence-corrected chi connectivity index (χ4v) is 5.80. The molecule has 1 nitrogen and oxygen atoms in total. The van der Waals surface area contributed by atoms with Crippen LogP contribution in [0.1, 0.15) is 0 Å². The first-order valence-electron chi connectivity index (χ1n) is 6.83. The molecule has 0 aliphatic heterocycles. The Morgan fingerprint density at radius 3 is 1.73 bits per heavy atom. The summed E-state index contributed by atoms with van der Waals surface area (Å²) in [5.74, 6) is -0.388. The van der Waals surface area contributed by atoms with E-state index in [1.807, 2.05) is 60.7 Å². The van der Waals surface area contributed by atoms with Gasteiger partial charge in [-0.2, -0.15) is 0 Å². The van der Waals surface area contributed by atoms with E-state index in [2.05, 4.69) is 12.6 Å². The molecule has 0 radical (unpaired) electrons. The Labute approximate surface area is 134 Å². The van der Waals surface area contributed by atoms with E-state index < -0.39 is 7.14 Å². The molecule has 0 amide bonds. The normalized spacial score (nSPS) is 11.4. The molecule has 3 rings (SSSR count). The lowest BCUT2D eigenvalue weighted by atomic mass is 10.3. The number of rotatable bonds is 3. The first kappa shape index (κ1) is 15.1. The van der Waals surface area contributed by atoms with Crippen LogP contribution >= 0.6 is 19.8 Å². The first-order chi connectivity index (χ1) is 10.6. The Morgan fingerprint density at radius 2 is 1.27 bits per heavy atom. The molecule has 0 saturated heterocycles. The van der Waals surface area contributed by atoms with Crippen molar-refractivity contribution < 1.29 is 8.96 Å². The van der Waals surface area contributed by atoms with Gasteiger partial charge in [-0.05, 0) is 18.2 Å². The van der Waals surface area contributed by atoms with Crippen LogP contribution in [0.2, 0.25) is 0 Å². The molecule has 3 aromatic carbocycles. The summed E-state index contributed by atoms with van der Waals surface area (Å²) < 4.78 is 27.4. The fourth-order valence-electron chi connectivity index (χ4n) is 2.47. The van der Waals surface area contributed by atoms with Gasteiger partial charge >= 0.3 is 0 Å². The highest BCUT2D eigenvalue weighted by Crippen LogP contribution is 2.43. The maximum Gasteiger partial charge on any atom is 0.172 e. The van der Waals surface area contributed by atoms with Gasteiger partial charge in [0, 0.05) is 20.8 Å². The van der Waals surface area contributed by atoms with E-state index in [1.54, 1.807) is 6.07 Å². The van der Waals surface area contributed by atoms with Gasteiger partial charge in [-0.15, -0.1) is 12.6 Å². The predicted octanol–water partition coefficient (Wildman–Crippen LogP) is 3.75. The molecular weight excluding hydrogens is 314 g/mol. The molecule has 4 heteroatoms. The summed E-state index contributed by atoms with van der Waals surface area (Å²) in [6, 6.07) is 22.7. The Balaban J connectivity index is 2.31. The van der Waals surface area contributed by atoms with Gasteiger partial charge in [0.1, 0.15) is 5.82 Å². The second-order valence-electron chi connectivity index (χ2n) is 4.91. The van der Waals surface area contributed by atoms with E-state index in [4.69, 9.17) is 0 Å². The average Bonchev–Trinajstić information content (AvgIpc) is 2.56. The van der Waals surface area contributed by atoms with Gasteiger partial charge in [0.2, 0.25) is 0 Å². The van der Waals surface area contributed by atoms with Crippen LogP contribution in [0.15, 0.2) is 83.8 Å². The van der Waals surface area contributed by atoms with E-state index >= 15 is 0 Å². The Kier molecular flexibility index (Phi) is 4.19. The number of hydrogen-bond acceptors (Lipinski definition) is 2. The zero-order valence-electron chi connectivity index (χ0n) is 11.7. The van der Waals surface area contributed by atoms with Crippen LogP contribution in [-0.4, -0.2) is 0 Å². The Morgan fingerprint density at radius 1 is 0.773 bits per heavy atom. The smallest absolute Gasteiger partial charge is 0.172 e. The molecule has 0 aliphatic carbocycles. The van der Waals surface area contributed by atoms with Crippen molar-refractivity contribution in [1.29, 1.82) is 0 Å². The Hall–Kier alpha value is -1.83. The highest BCUT2D eigenvalue weighted by molar-refractivity contribution is 7.87. The molecule has 22 heavy (non-hydrogen) atoms. The van der Waals surface area contributed by atoms with Crippen molar-refractivity contribution in [2.45, 2.75) is 4.90 Å².